The molecular weight excluding hydrogens is 458 g/mol. The molecule has 1 aromatic heterocycles. The zero-order valence-corrected chi connectivity index (χ0v) is 17.5. The minimum atomic E-state index is -0.726. The fourth-order valence-electron chi connectivity index (χ4n) is 3.28. The van der Waals surface area contributed by atoms with Crippen molar-refractivity contribution >= 4 is 52.0 Å². The van der Waals surface area contributed by atoms with E-state index in [1.165, 1.54) is 48.5 Å². The van der Waals surface area contributed by atoms with E-state index in [-0.39, 0.29) is 39.2 Å². The van der Waals surface area contributed by atoms with E-state index in [2.05, 4.69) is 0 Å². The molecule has 0 N–H and O–H groups in total. The van der Waals surface area contributed by atoms with Gasteiger partial charge in [-0.15, -0.1) is 0 Å². The number of esters is 1. The van der Waals surface area contributed by atoms with E-state index in [4.69, 9.17) is 37.1 Å². The molecule has 2 heterocycles. The Bertz CT molecular complexity index is 1430. The molecule has 0 saturated heterocycles. The van der Waals surface area contributed by atoms with Crippen LogP contribution in [0.5, 0.6) is 11.5 Å². The van der Waals surface area contributed by atoms with E-state index in [1.54, 1.807) is 18.2 Å². The van der Waals surface area contributed by atoms with Crippen molar-refractivity contribution in [2.75, 3.05) is 0 Å². The van der Waals surface area contributed by atoms with E-state index in [0.29, 0.717) is 16.0 Å². The largest absolute Gasteiger partial charge is 0.452 e. The second-order valence-electron chi connectivity index (χ2n) is 6.92. The van der Waals surface area contributed by atoms with E-state index in [1.807, 2.05) is 0 Å². The zero-order valence-electron chi connectivity index (χ0n) is 16.0. The van der Waals surface area contributed by atoms with Crippen LogP contribution >= 0.6 is 23.2 Å². The Morgan fingerprint density at radius 2 is 1.88 bits per heavy atom. The molecule has 0 spiro atoms. The molecular formula is C24H11Cl2FO5. The fraction of sp³-hybridized carbons (Fsp3) is 0. The Morgan fingerprint density at radius 3 is 2.69 bits per heavy atom. The Balaban J connectivity index is 1.39. The van der Waals surface area contributed by atoms with Gasteiger partial charge in [-0.25, -0.2) is 9.18 Å². The maximum atomic E-state index is 14.1. The van der Waals surface area contributed by atoms with Gasteiger partial charge in [0.25, 0.3) is 0 Å². The van der Waals surface area contributed by atoms with Gasteiger partial charge in [-0.2, -0.15) is 0 Å². The highest BCUT2D eigenvalue weighted by atomic mass is 35.5. The topological polar surface area (TPSA) is 65.7 Å². The Morgan fingerprint density at radius 1 is 1.03 bits per heavy atom. The first kappa shape index (κ1) is 20.3. The van der Waals surface area contributed by atoms with Gasteiger partial charge < -0.3 is 13.9 Å². The molecule has 0 atom stereocenters. The van der Waals surface area contributed by atoms with Crippen LogP contribution in [-0.4, -0.2) is 11.8 Å². The number of carbonyl (C=O) groups is 2. The second-order valence-corrected chi connectivity index (χ2v) is 7.76. The first-order valence-electron chi connectivity index (χ1n) is 9.32. The van der Waals surface area contributed by atoms with Crippen molar-refractivity contribution in [3.63, 3.8) is 0 Å². The van der Waals surface area contributed by atoms with Gasteiger partial charge >= 0.3 is 5.97 Å². The quantitative estimate of drug-likeness (QED) is 0.190. The highest BCUT2D eigenvalue weighted by Gasteiger charge is 2.29. The third-order valence-corrected chi connectivity index (χ3v) is 5.37. The number of ether oxygens (including phenoxy) is 2. The van der Waals surface area contributed by atoms with Crippen LogP contribution in [0.15, 0.2) is 70.8 Å². The molecule has 32 heavy (non-hydrogen) atoms. The summed E-state index contributed by atoms with van der Waals surface area (Å²) in [6, 6.07) is 15.0. The standard InChI is InChI=1S/C24H11Cl2FO5/c25-13-4-7-19-12(8-13)9-22(31-19)24(29)30-14-5-6-15-20(10-14)32-21(23(15)28)11-16-17(26)2-1-3-18(16)27/h1-11H/b21-11-. The van der Waals surface area contributed by atoms with Gasteiger partial charge in [-0.3, -0.25) is 4.79 Å². The molecule has 8 heteroatoms. The van der Waals surface area contributed by atoms with Crippen LogP contribution in [0.2, 0.25) is 10.0 Å². The first-order chi connectivity index (χ1) is 15.4. The van der Waals surface area contributed by atoms with E-state index in [0.717, 1.165) is 0 Å². The molecule has 0 amide bonds. The van der Waals surface area contributed by atoms with Crippen molar-refractivity contribution in [3.05, 3.63) is 99.2 Å². The van der Waals surface area contributed by atoms with Gasteiger partial charge in [0.15, 0.2) is 5.76 Å². The summed E-state index contributed by atoms with van der Waals surface area (Å²) in [6.45, 7) is 0. The maximum absolute atomic E-state index is 14.1. The summed E-state index contributed by atoms with van der Waals surface area (Å²) in [5.74, 6) is -1.53. The molecule has 1 aliphatic rings. The van der Waals surface area contributed by atoms with Gasteiger partial charge in [0, 0.05) is 22.0 Å². The predicted octanol–water partition coefficient (Wildman–Crippen LogP) is 6.71. The number of Topliss-reactive ketones (excluding diaryl/α,β-unsaturated/α-hetero) is 1. The molecule has 1 aliphatic heterocycles. The monoisotopic (exact) mass is 468 g/mol. The minimum Gasteiger partial charge on any atom is -0.452 e. The number of fused-ring (bicyclic) bond motifs is 2. The molecule has 0 bridgehead atoms. The smallest absolute Gasteiger partial charge is 0.379 e. The van der Waals surface area contributed by atoms with Crippen LogP contribution in [0.1, 0.15) is 26.5 Å². The van der Waals surface area contributed by atoms with Gasteiger partial charge in [0.1, 0.15) is 22.9 Å². The summed E-state index contributed by atoms with van der Waals surface area (Å²) >= 11 is 12.0. The summed E-state index contributed by atoms with van der Waals surface area (Å²) in [5, 5.41) is 1.32. The molecule has 0 fully saturated rings. The third-order valence-electron chi connectivity index (χ3n) is 4.81. The minimum absolute atomic E-state index is 0.00506. The molecule has 5 rings (SSSR count). The van der Waals surface area contributed by atoms with Crippen LogP contribution in [0.4, 0.5) is 4.39 Å². The van der Waals surface area contributed by atoms with Gasteiger partial charge in [0.05, 0.1) is 10.6 Å². The number of hydrogen-bond donors (Lipinski definition) is 0. The van der Waals surface area contributed by atoms with Gasteiger partial charge in [-0.05, 0) is 54.6 Å². The Labute approximate surface area is 190 Å². The summed E-state index contributed by atoms with van der Waals surface area (Å²) < 4.78 is 30.5. The number of carbonyl (C=O) groups excluding carboxylic acids is 2. The number of benzene rings is 3. The van der Waals surface area contributed by atoms with E-state index >= 15 is 0 Å². The van der Waals surface area contributed by atoms with Crippen LogP contribution in [0.3, 0.4) is 0 Å². The molecule has 3 aromatic carbocycles. The highest BCUT2D eigenvalue weighted by Crippen LogP contribution is 2.36. The van der Waals surface area contributed by atoms with Crippen LogP contribution in [-0.2, 0) is 0 Å². The second kappa shape index (κ2) is 7.82. The molecule has 0 unspecified atom stereocenters. The van der Waals surface area contributed by atoms with Crippen molar-refractivity contribution in [1.29, 1.82) is 0 Å². The summed E-state index contributed by atoms with van der Waals surface area (Å²) in [5.41, 5.74) is 0.787. The lowest BCUT2D eigenvalue weighted by molar-refractivity contribution is 0.0703. The van der Waals surface area contributed by atoms with E-state index < -0.39 is 17.6 Å². The number of allylic oxidation sites excluding steroid dienone is 1. The van der Waals surface area contributed by atoms with Crippen LogP contribution < -0.4 is 9.47 Å². The molecule has 158 valence electrons. The summed E-state index contributed by atoms with van der Waals surface area (Å²) in [6.07, 6.45) is 1.24. The highest BCUT2D eigenvalue weighted by molar-refractivity contribution is 6.32. The third kappa shape index (κ3) is 3.64. The SMILES string of the molecule is O=C(Oc1ccc2c(c1)O/C(=C\c1c(F)cccc1Cl)C2=O)c1cc2cc(Cl)ccc2o1. The predicted molar refractivity (Wildman–Crippen MR) is 117 cm³/mol. The van der Waals surface area contributed by atoms with Crippen molar-refractivity contribution < 1.29 is 27.9 Å². The number of halogens is 3. The average Bonchev–Trinajstić information content (AvgIpc) is 3.31. The molecule has 0 radical (unpaired) electrons. The van der Waals surface area contributed by atoms with Crippen molar-refractivity contribution in [2.45, 2.75) is 0 Å². The molecule has 0 saturated carbocycles. The molecule has 5 nitrogen and oxygen atoms in total. The number of rotatable bonds is 3. The Hall–Kier alpha value is -3.61. The van der Waals surface area contributed by atoms with Crippen molar-refractivity contribution in [1.82, 2.24) is 0 Å². The Kier molecular flexibility index (Phi) is 4.96. The maximum Gasteiger partial charge on any atom is 0.379 e. The zero-order chi connectivity index (χ0) is 22.4. The average molecular weight is 469 g/mol. The summed E-state index contributed by atoms with van der Waals surface area (Å²) in [4.78, 5) is 25.1. The van der Waals surface area contributed by atoms with Gasteiger partial charge in [0.2, 0.25) is 11.5 Å². The fourth-order valence-corrected chi connectivity index (χ4v) is 3.68. The normalized spacial score (nSPS) is 14.0. The van der Waals surface area contributed by atoms with Crippen molar-refractivity contribution in [3.8, 4) is 11.5 Å². The summed E-state index contributed by atoms with van der Waals surface area (Å²) in [7, 11) is 0. The molecule has 4 aromatic rings. The van der Waals surface area contributed by atoms with Crippen LogP contribution in [0.25, 0.3) is 17.0 Å². The lowest BCUT2D eigenvalue weighted by atomic mass is 10.1. The lowest BCUT2D eigenvalue weighted by Crippen LogP contribution is -2.07. The lowest BCUT2D eigenvalue weighted by Gasteiger charge is -2.04. The number of ketones is 1. The van der Waals surface area contributed by atoms with Crippen LogP contribution in [0, 0.1) is 5.82 Å². The van der Waals surface area contributed by atoms with E-state index in [9.17, 15) is 14.0 Å². The number of hydrogen-bond acceptors (Lipinski definition) is 5. The van der Waals surface area contributed by atoms with Crippen molar-refractivity contribution in [2.24, 2.45) is 0 Å². The molecule has 0 aliphatic carbocycles. The first-order valence-corrected chi connectivity index (χ1v) is 10.1. The number of furan rings is 1. The van der Waals surface area contributed by atoms with Gasteiger partial charge in [-0.1, -0.05) is 29.3 Å².